The fraction of sp³-hybridized carbons (Fsp3) is 0.562. The molecule has 2 heterocycles. The Morgan fingerprint density at radius 1 is 0.907 bits per heavy atom. The Morgan fingerprint density at radius 3 is 2.21 bits per heavy atom. The summed E-state index contributed by atoms with van der Waals surface area (Å²) in [5.41, 5.74) is 3.11. The van der Waals surface area contributed by atoms with Gasteiger partial charge in [0.2, 0.25) is 11.8 Å². The van der Waals surface area contributed by atoms with Crippen LogP contribution in [0.15, 0.2) is 41.6 Å². The van der Waals surface area contributed by atoms with Gasteiger partial charge in [-0.15, -0.1) is 0 Å². The van der Waals surface area contributed by atoms with Gasteiger partial charge in [0.25, 0.3) is 10.0 Å². The summed E-state index contributed by atoms with van der Waals surface area (Å²) in [6.45, 7) is 14.3. The molecule has 1 fully saturated rings. The van der Waals surface area contributed by atoms with Gasteiger partial charge in [0.15, 0.2) is 0 Å². The number of fused-ring (bicyclic) bond motifs is 1. The Labute approximate surface area is 255 Å². The second kappa shape index (κ2) is 12.6. The fourth-order valence-electron chi connectivity index (χ4n) is 5.52. The van der Waals surface area contributed by atoms with Gasteiger partial charge in [0.1, 0.15) is 5.52 Å². The third-order valence-corrected chi connectivity index (χ3v) is 9.05. The molecule has 43 heavy (non-hydrogen) atoms. The molecule has 1 aliphatic rings. The first-order valence-corrected chi connectivity index (χ1v) is 16.5. The van der Waals surface area contributed by atoms with E-state index in [1.165, 1.54) is 6.07 Å². The molecule has 1 aliphatic carbocycles. The van der Waals surface area contributed by atoms with Crippen LogP contribution in [0, 0.1) is 23.7 Å². The standard InChI is InChI=1S/C32H46N6O4S/c1-21-8-11-24(15-28(21)43(41,42)37-30(40)17-32(5,6)7)35-25-14-27-26(33-18-25)19-34-38(27)20-22-9-12-23(13-10-22)36-29(39)16-31(2,3)4/h8,11,14-15,18-19,22-23,35H,9-10,12-13,16-17,20H2,1-7H3,(H,36,39)(H,37,40). The first kappa shape index (κ1) is 32.4. The number of aromatic nitrogens is 3. The molecule has 1 saturated carbocycles. The van der Waals surface area contributed by atoms with Crippen LogP contribution in [0.25, 0.3) is 11.0 Å². The number of carbonyl (C=O) groups excluding carboxylic acids is 2. The van der Waals surface area contributed by atoms with Gasteiger partial charge in [-0.1, -0.05) is 47.6 Å². The lowest BCUT2D eigenvalue weighted by Gasteiger charge is -2.30. The van der Waals surface area contributed by atoms with Gasteiger partial charge in [-0.3, -0.25) is 19.3 Å². The van der Waals surface area contributed by atoms with Gasteiger partial charge in [-0.25, -0.2) is 13.1 Å². The Kier molecular flexibility index (Phi) is 9.54. The number of sulfonamides is 1. The van der Waals surface area contributed by atoms with Crippen molar-refractivity contribution in [3.63, 3.8) is 0 Å². The molecule has 3 aromatic rings. The van der Waals surface area contributed by atoms with Crippen molar-refractivity contribution in [3.8, 4) is 0 Å². The number of amides is 2. The molecular formula is C32H46N6O4S. The molecule has 0 aliphatic heterocycles. The molecule has 0 saturated heterocycles. The molecule has 0 bridgehead atoms. The number of hydrogen-bond donors (Lipinski definition) is 3. The molecule has 2 aromatic heterocycles. The molecule has 234 valence electrons. The van der Waals surface area contributed by atoms with Crippen molar-refractivity contribution in [2.24, 2.45) is 16.7 Å². The Bertz CT molecular complexity index is 1580. The van der Waals surface area contributed by atoms with Crippen LogP contribution in [0.1, 0.15) is 85.6 Å². The van der Waals surface area contributed by atoms with Crippen LogP contribution in [0.5, 0.6) is 0 Å². The van der Waals surface area contributed by atoms with E-state index in [0.717, 1.165) is 43.3 Å². The zero-order valence-corrected chi connectivity index (χ0v) is 27.3. The third kappa shape index (κ3) is 9.26. The van der Waals surface area contributed by atoms with Crippen LogP contribution in [0.4, 0.5) is 11.4 Å². The molecule has 0 spiro atoms. The normalized spacial score (nSPS) is 17.9. The highest BCUT2D eigenvalue weighted by Crippen LogP contribution is 2.29. The van der Waals surface area contributed by atoms with E-state index >= 15 is 0 Å². The van der Waals surface area contributed by atoms with Crippen LogP contribution in [-0.2, 0) is 26.2 Å². The van der Waals surface area contributed by atoms with Crippen LogP contribution in [0.3, 0.4) is 0 Å². The van der Waals surface area contributed by atoms with E-state index < -0.39 is 15.9 Å². The summed E-state index contributed by atoms with van der Waals surface area (Å²) in [4.78, 5) is 29.3. The second-order valence-electron chi connectivity index (χ2n) is 14.3. The lowest BCUT2D eigenvalue weighted by molar-refractivity contribution is -0.124. The number of carbonyl (C=O) groups is 2. The van der Waals surface area contributed by atoms with Crippen LogP contribution in [0.2, 0.25) is 0 Å². The van der Waals surface area contributed by atoms with E-state index in [-0.39, 0.29) is 34.1 Å². The molecule has 4 rings (SSSR count). The van der Waals surface area contributed by atoms with Crippen molar-refractivity contribution in [2.45, 2.75) is 104 Å². The SMILES string of the molecule is Cc1ccc(Nc2cnc3cnn(CC4CCC(NC(=O)CC(C)(C)C)CC4)c3c2)cc1S(=O)(=O)NC(=O)CC(C)(C)C. The predicted molar refractivity (Wildman–Crippen MR) is 169 cm³/mol. The van der Waals surface area contributed by atoms with Crippen molar-refractivity contribution in [1.82, 2.24) is 24.8 Å². The van der Waals surface area contributed by atoms with Crippen LogP contribution >= 0.6 is 0 Å². The Morgan fingerprint density at radius 2 is 1.56 bits per heavy atom. The number of benzene rings is 1. The molecule has 1 aromatic carbocycles. The summed E-state index contributed by atoms with van der Waals surface area (Å²) >= 11 is 0. The van der Waals surface area contributed by atoms with E-state index in [1.807, 2.05) is 31.5 Å². The van der Waals surface area contributed by atoms with Gasteiger partial charge in [-0.05, 0) is 73.1 Å². The van der Waals surface area contributed by atoms with Crippen LogP contribution in [-0.4, -0.2) is 41.0 Å². The smallest absolute Gasteiger partial charge is 0.264 e. The lowest BCUT2D eigenvalue weighted by Crippen LogP contribution is -2.39. The van der Waals surface area contributed by atoms with E-state index in [1.54, 1.807) is 31.5 Å². The van der Waals surface area contributed by atoms with Crippen molar-refractivity contribution >= 4 is 44.2 Å². The molecule has 10 nitrogen and oxygen atoms in total. The largest absolute Gasteiger partial charge is 0.354 e. The van der Waals surface area contributed by atoms with Gasteiger partial charge in [-0.2, -0.15) is 5.10 Å². The highest BCUT2D eigenvalue weighted by molar-refractivity contribution is 7.90. The van der Waals surface area contributed by atoms with Gasteiger partial charge in [0.05, 0.1) is 28.5 Å². The highest BCUT2D eigenvalue weighted by atomic mass is 32.2. The number of rotatable bonds is 9. The second-order valence-corrected chi connectivity index (χ2v) is 16.0. The number of hydrogen-bond acceptors (Lipinski definition) is 7. The van der Waals surface area contributed by atoms with Crippen molar-refractivity contribution in [1.29, 1.82) is 0 Å². The molecule has 0 radical (unpaired) electrons. The van der Waals surface area contributed by atoms with E-state index in [9.17, 15) is 18.0 Å². The Hall–Kier alpha value is -3.47. The summed E-state index contributed by atoms with van der Waals surface area (Å²) in [7, 11) is -4.04. The van der Waals surface area contributed by atoms with Crippen LogP contribution < -0.4 is 15.4 Å². The number of aryl methyl sites for hydroxylation is 1. The maximum absolute atomic E-state index is 13.1. The Balaban J connectivity index is 1.42. The minimum atomic E-state index is -4.04. The molecule has 0 unspecified atom stereocenters. The van der Waals surface area contributed by atoms with E-state index in [2.05, 4.69) is 46.2 Å². The first-order valence-electron chi connectivity index (χ1n) is 15.0. The predicted octanol–water partition coefficient (Wildman–Crippen LogP) is 5.84. The van der Waals surface area contributed by atoms with Gasteiger partial charge in [0, 0.05) is 31.1 Å². The lowest BCUT2D eigenvalue weighted by atomic mass is 9.85. The summed E-state index contributed by atoms with van der Waals surface area (Å²) in [6, 6.07) is 7.23. The average molecular weight is 611 g/mol. The number of anilines is 2. The molecule has 2 amide bonds. The quantitative estimate of drug-likeness (QED) is 0.277. The van der Waals surface area contributed by atoms with E-state index in [0.29, 0.717) is 29.3 Å². The molecule has 11 heteroatoms. The van der Waals surface area contributed by atoms with Crippen molar-refractivity contribution < 1.29 is 18.0 Å². The third-order valence-electron chi connectivity index (χ3n) is 7.53. The number of pyridine rings is 1. The van der Waals surface area contributed by atoms with Crippen molar-refractivity contribution in [3.05, 3.63) is 42.2 Å². The molecule has 0 atom stereocenters. The minimum absolute atomic E-state index is 0.0207. The van der Waals surface area contributed by atoms with Gasteiger partial charge >= 0.3 is 0 Å². The molecule has 3 N–H and O–H groups in total. The maximum Gasteiger partial charge on any atom is 0.264 e. The van der Waals surface area contributed by atoms with Crippen molar-refractivity contribution in [2.75, 3.05) is 5.32 Å². The summed E-state index contributed by atoms with van der Waals surface area (Å²) in [5.74, 6) is 0.0458. The topological polar surface area (TPSA) is 135 Å². The number of nitrogens with zero attached hydrogens (tertiary/aromatic N) is 3. The van der Waals surface area contributed by atoms with Gasteiger partial charge < -0.3 is 10.6 Å². The summed E-state index contributed by atoms with van der Waals surface area (Å²) in [6.07, 6.45) is 8.02. The zero-order valence-electron chi connectivity index (χ0n) is 26.5. The zero-order chi connectivity index (χ0) is 31.6. The fourth-order valence-corrected chi connectivity index (χ4v) is 6.78. The molecular weight excluding hydrogens is 564 g/mol. The monoisotopic (exact) mass is 610 g/mol. The average Bonchev–Trinajstić information content (AvgIpc) is 3.25. The summed E-state index contributed by atoms with van der Waals surface area (Å²) in [5, 5.41) is 11.1. The summed E-state index contributed by atoms with van der Waals surface area (Å²) < 4.78 is 30.3. The first-order chi connectivity index (χ1) is 20.0. The maximum atomic E-state index is 13.1. The number of nitrogens with one attached hydrogen (secondary N) is 3. The van der Waals surface area contributed by atoms with E-state index in [4.69, 9.17) is 0 Å². The minimum Gasteiger partial charge on any atom is -0.354 e. The highest BCUT2D eigenvalue weighted by Gasteiger charge is 2.26.